The van der Waals surface area contributed by atoms with Crippen LogP contribution in [0.4, 0.5) is 0 Å². The van der Waals surface area contributed by atoms with Gasteiger partial charge in [-0.05, 0) is 92.7 Å². The molecule has 50 heavy (non-hydrogen) atoms. The summed E-state index contributed by atoms with van der Waals surface area (Å²) < 4.78 is 4.87. The molecule has 0 aliphatic rings. The molecule has 0 saturated carbocycles. The largest absolute Gasteiger partial charge is 0.309 e. The Morgan fingerprint density at radius 1 is 0.260 bits per heavy atom. The van der Waals surface area contributed by atoms with E-state index in [9.17, 15) is 0 Å². The van der Waals surface area contributed by atoms with Gasteiger partial charge in [-0.25, -0.2) is 0 Å². The van der Waals surface area contributed by atoms with Crippen molar-refractivity contribution in [2.24, 2.45) is 0 Å². The first-order valence-electron chi connectivity index (χ1n) is 17.3. The van der Waals surface area contributed by atoms with Crippen LogP contribution in [0.1, 0.15) is 0 Å². The molecule has 0 radical (unpaired) electrons. The van der Waals surface area contributed by atoms with Gasteiger partial charge in [0, 0.05) is 38.3 Å². The molecule has 11 rings (SSSR count). The summed E-state index contributed by atoms with van der Waals surface area (Å²) in [4.78, 5) is 0. The Labute approximate surface area is 288 Å². The number of aromatic nitrogens is 2. The zero-order valence-electron chi connectivity index (χ0n) is 27.2. The van der Waals surface area contributed by atoms with E-state index in [4.69, 9.17) is 0 Å². The molecular formula is C48H30N2. The van der Waals surface area contributed by atoms with Crippen LogP contribution in [-0.2, 0) is 0 Å². The average molecular weight is 635 g/mol. The van der Waals surface area contributed by atoms with Crippen LogP contribution in [0.5, 0.6) is 0 Å². The Bertz CT molecular complexity index is 3160. The molecule has 9 aromatic carbocycles. The minimum absolute atomic E-state index is 1.18. The molecule has 0 amide bonds. The van der Waals surface area contributed by atoms with Crippen molar-refractivity contribution in [2.75, 3.05) is 0 Å². The lowest BCUT2D eigenvalue weighted by Crippen LogP contribution is -1.94. The van der Waals surface area contributed by atoms with Crippen molar-refractivity contribution in [3.05, 3.63) is 182 Å². The fraction of sp³-hybridized carbons (Fsp3) is 0. The van der Waals surface area contributed by atoms with Crippen LogP contribution >= 0.6 is 0 Å². The number of hydrogen-bond acceptors (Lipinski definition) is 0. The highest BCUT2D eigenvalue weighted by molar-refractivity contribution is 6.19. The molecule has 0 fully saturated rings. The third-order valence-electron chi connectivity index (χ3n) is 10.6. The number of hydrogen-bond donors (Lipinski definition) is 0. The number of benzene rings is 9. The molecule has 0 atom stereocenters. The van der Waals surface area contributed by atoms with E-state index in [0.29, 0.717) is 0 Å². The molecule has 0 N–H and O–H groups in total. The molecule has 232 valence electrons. The summed E-state index contributed by atoms with van der Waals surface area (Å²) in [5.41, 5.74) is 9.68. The first-order chi connectivity index (χ1) is 24.8. The second kappa shape index (κ2) is 10.4. The summed E-state index contributed by atoms with van der Waals surface area (Å²) in [7, 11) is 0. The van der Waals surface area contributed by atoms with Crippen LogP contribution in [0.2, 0.25) is 0 Å². The number of para-hydroxylation sites is 1. The first kappa shape index (κ1) is 27.3. The van der Waals surface area contributed by atoms with Gasteiger partial charge in [-0.2, -0.15) is 0 Å². The molecule has 2 heteroatoms. The van der Waals surface area contributed by atoms with Crippen molar-refractivity contribution < 1.29 is 0 Å². The highest BCUT2D eigenvalue weighted by Gasteiger charge is 2.18. The van der Waals surface area contributed by atoms with E-state index in [1.54, 1.807) is 0 Å². The van der Waals surface area contributed by atoms with Crippen LogP contribution in [0, 0.1) is 0 Å². The van der Waals surface area contributed by atoms with Gasteiger partial charge in [-0.3, -0.25) is 0 Å². The van der Waals surface area contributed by atoms with E-state index in [1.807, 2.05) is 0 Å². The topological polar surface area (TPSA) is 9.86 Å². The van der Waals surface area contributed by atoms with Crippen molar-refractivity contribution in [2.45, 2.75) is 0 Å². The second-order valence-corrected chi connectivity index (χ2v) is 13.4. The molecule has 11 aromatic rings. The highest BCUT2D eigenvalue weighted by atomic mass is 15.0. The van der Waals surface area contributed by atoms with E-state index in [2.05, 4.69) is 191 Å². The fourth-order valence-corrected chi connectivity index (χ4v) is 8.29. The Morgan fingerprint density at radius 3 is 1.42 bits per heavy atom. The van der Waals surface area contributed by atoms with E-state index < -0.39 is 0 Å². The zero-order valence-corrected chi connectivity index (χ0v) is 27.2. The predicted octanol–water partition coefficient (Wildman–Crippen LogP) is 13.0. The van der Waals surface area contributed by atoms with Crippen molar-refractivity contribution in [3.63, 3.8) is 0 Å². The van der Waals surface area contributed by atoms with Gasteiger partial charge in [0.25, 0.3) is 0 Å². The standard InChI is InChI=1S/C48H30N2/c1-3-12-34-27-38(22-17-31(34)9-1)49-45-16-8-7-15-41(45)43-29-36(20-25-46(43)49)37-21-26-47-44(30-37)42-24-19-33-11-5-6-14-40(33)48(42)50(47)39-23-18-32-10-2-4-13-35(32)28-39/h1-30H. The smallest absolute Gasteiger partial charge is 0.0619 e. The maximum absolute atomic E-state index is 2.46. The van der Waals surface area contributed by atoms with Gasteiger partial charge in [0.05, 0.1) is 22.1 Å². The average Bonchev–Trinajstić information content (AvgIpc) is 3.70. The summed E-state index contributed by atoms with van der Waals surface area (Å²) in [5.74, 6) is 0. The fourth-order valence-electron chi connectivity index (χ4n) is 8.29. The summed E-state index contributed by atoms with van der Waals surface area (Å²) in [5, 5.41) is 12.6. The number of rotatable bonds is 3. The maximum atomic E-state index is 2.46. The first-order valence-corrected chi connectivity index (χ1v) is 17.3. The summed E-state index contributed by atoms with van der Waals surface area (Å²) in [6.07, 6.45) is 0. The molecule has 2 heterocycles. The molecule has 2 aromatic heterocycles. The molecule has 0 unspecified atom stereocenters. The molecule has 0 aliphatic heterocycles. The predicted molar refractivity (Wildman–Crippen MR) is 213 cm³/mol. The molecule has 0 bridgehead atoms. The maximum Gasteiger partial charge on any atom is 0.0619 e. The second-order valence-electron chi connectivity index (χ2n) is 13.4. The Morgan fingerprint density at radius 2 is 0.740 bits per heavy atom. The van der Waals surface area contributed by atoms with E-state index in [1.165, 1.54) is 98.4 Å². The molecule has 0 spiro atoms. The van der Waals surface area contributed by atoms with E-state index in [-0.39, 0.29) is 0 Å². The van der Waals surface area contributed by atoms with Gasteiger partial charge < -0.3 is 9.13 Å². The van der Waals surface area contributed by atoms with Gasteiger partial charge in [-0.1, -0.05) is 127 Å². The lowest BCUT2D eigenvalue weighted by molar-refractivity contribution is 1.19. The molecule has 0 aliphatic carbocycles. The molecule has 2 nitrogen and oxygen atoms in total. The lowest BCUT2D eigenvalue weighted by atomic mass is 10.00. The number of nitrogens with zero attached hydrogens (tertiary/aromatic N) is 2. The van der Waals surface area contributed by atoms with Gasteiger partial charge in [0.15, 0.2) is 0 Å². The van der Waals surface area contributed by atoms with Gasteiger partial charge in [0.1, 0.15) is 0 Å². The van der Waals surface area contributed by atoms with Crippen LogP contribution in [-0.4, -0.2) is 9.13 Å². The third kappa shape index (κ3) is 3.96. The van der Waals surface area contributed by atoms with Crippen LogP contribution in [0.25, 0.3) is 98.4 Å². The Kier molecular flexibility index (Phi) is 5.70. The lowest BCUT2D eigenvalue weighted by Gasteiger charge is -2.11. The molecular weight excluding hydrogens is 605 g/mol. The van der Waals surface area contributed by atoms with Crippen molar-refractivity contribution in [3.8, 4) is 22.5 Å². The van der Waals surface area contributed by atoms with Crippen molar-refractivity contribution >= 4 is 75.9 Å². The van der Waals surface area contributed by atoms with E-state index in [0.717, 1.165) is 0 Å². The van der Waals surface area contributed by atoms with E-state index >= 15 is 0 Å². The summed E-state index contributed by atoms with van der Waals surface area (Å²) in [6.45, 7) is 0. The normalized spacial score (nSPS) is 12.0. The van der Waals surface area contributed by atoms with Crippen LogP contribution in [0.15, 0.2) is 182 Å². The third-order valence-corrected chi connectivity index (χ3v) is 10.6. The van der Waals surface area contributed by atoms with Crippen LogP contribution < -0.4 is 0 Å². The Hall–Kier alpha value is -6.64. The monoisotopic (exact) mass is 634 g/mol. The highest BCUT2D eigenvalue weighted by Crippen LogP contribution is 2.40. The van der Waals surface area contributed by atoms with Gasteiger partial charge in [-0.15, -0.1) is 0 Å². The Balaban J connectivity index is 1.14. The number of fused-ring (bicyclic) bond motifs is 10. The quantitative estimate of drug-likeness (QED) is 0.183. The minimum Gasteiger partial charge on any atom is -0.309 e. The van der Waals surface area contributed by atoms with Crippen molar-refractivity contribution in [1.29, 1.82) is 0 Å². The van der Waals surface area contributed by atoms with Crippen molar-refractivity contribution in [1.82, 2.24) is 9.13 Å². The summed E-state index contributed by atoms with van der Waals surface area (Å²) in [6, 6.07) is 66.9. The van der Waals surface area contributed by atoms with Gasteiger partial charge in [0.2, 0.25) is 0 Å². The summed E-state index contributed by atoms with van der Waals surface area (Å²) >= 11 is 0. The minimum atomic E-state index is 1.18. The zero-order chi connectivity index (χ0) is 32.8. The van der Waals surface area contributed by atoms with Crippen LogP contribution in [0.3, 0.4) is 0 Å². The molecule has 0 saturated heterocycles. The van der Waals surface area contributed by atoms with Gasteiger partial charge >= 0.3 is 0 Å². The SMILES string of the molecule is c1ccc2cc(-n3c4ccccc4c4cc(-c5ccc6c(c5)c5ccc7ccccc7c5n6-c5ccc6ccccc6c5)ccc43)ccc2c1.